The first-order chi connectivity index (χ1) is 15.3. The van der Waals surface area contributed by atoms with E-state index in [2.05, 4.69) is 9.71 Å². The van der Waals surface area contributed by atoms with Crippen molar-refractivity contribution in [1.82, 2.24) is 4.90 Å². The second-order valence-corrected chi connectivity index (χ2v) is 9.80. The molecule has 0 spiro atoms. The number of carbonyl (C=O) groups is 1. The van der Waals surface area contributed by atoms with Crippen LogP contribution in [-0.2, 0) is 25.0 Å². The summed E-state index contributed by atoms with van der Waals surface area (Å²) in [5.41, 5.74) is 0.153. The molecule has 0 atom stereocenters. The number of nitrogens with one attached hydrogen (secondary N) is 1. The molecule has 2 saturated heterocycles. The standard InChI is InChI=1S/C23H26FN3O4S/c1-27-13-3-6-21(27)26-32(29,30)20-9-7-19(8-10-20)25-22(28)23(11-14-31-15-12-23)17-4-2-5-18(24)16-17/h2,4-5,7-10,16H,3,6,11-15H2,1H3,(H,25,28)/b26-21+. The number of ether oxygens (including phenoxy) is 1. The van der Waals surface area contributed by atoms with Gasteiger partial charge in [-0.15, -0.1) is 4.40 Å². The Morgan fingerprint density at radius 3 is 2.50 bits per heavy atom. The van der Waals surface area contributed by atoms with Gasteiger partial charge in [0.2, 0.25) is 5.91 Å². The number of likely N-dealkylation sites (tertiary alicyclic amines) is 1. The summed E-state index contributed by atoms with van der Waals surface area (Å²) in [4.78, 5) is 15.2. The van der Waals surface area contributed by atoms with Gasteiger partial charge in [0.1, 0.15) is 11.7 Å². The van der Waals surface area contributed by atoms with Crippen LogP contribution < -0.4 is 5.32 Å². The van der Waals surface area contributed by atoms with Crippen molar-refractivity contribution in [3.63, 3.8) is 0 Å². The van der Waals surface area contributed by atoms with Crippen molar-refractivity contribution in [3.05, 3.63) is 59.9 Å². The van der Waals surface area contributed by atoms with Gasteiger partial charge < -0.3 is 15.0 Å². The van der Waals surface area contributed by atoms with Gasteiger partial charge in [-0.2, -0.15) is 8.42 Å². The lowest BCUT2D eigenvalue weighted by Crippen LogP contribution is -2.44. The predicted octanol–water partition coefficient (Wildman–Crippen LogP) is 3.33. The van der Waals surface area contributed by atoms with Crippen molar-refractivity contribution in [3.8, 4) is 0 Å². The van der Waals surface area contributed by atoms with Gasteiger partial charge in [0.15, 0.2) is 0 Å². The van der Waals surface area contributed by atoms with Crippen molar-refractivity contribution < 1.29 is 22.3 Å². The average molecular weight is 460 g/mol. The molecular formula is C23H26FN3O4S. The van der Waals surface area contributed by atoms with Crippen LogP contribution in [0.2, 0.25) is 0 Å². The fourth-order valence-corrected chi connectivity index (χ4v) is 5.31. The number of benzene rings is 2. The van der Waals surface area contributed by atoms with Crippen molar-refractivity contribution in [2.45, 2.75) is 36.0 Å². The van der Waals surface area contributed by atoms with Crippen molar-refractivity contribution in [2.24, 2.45) is 4.40 Å². The van der Waals surface area contributed by atoms with E-state index in [4.69, 9.17) is 4.74 Å². The molecule has 7 nitrogen and oxygen atoms in total. The Bertz CT molecular complexity index is 1130. The minimum absolute atomic E-state index is 0.0641. The molecule has 2 heterocycles. The van der Waals surface area contributed by atoms with Crippen LogP contribution in [0, 0.1) is 5.82 Å². The lowest BCUT2D eigenvalue weighted by Gasteiger charge is -2.36. The Kier molecular flexibility index (Phi) is 6.30. The van der Waals surface area contributed by atoms with E-state index in [0.717, 1.165) is 13.0 Å². The number of nitrogens with zero attached hydrogens (tertiary/aromatic N) is 2. The first-order valence-corrected chi connectivity index (χ1v) is 12.0. The number of halogens is 1. The third kappa shape index (κ3) is 4.54. The highest BCUT2D eigenvalue weighted by Gasteiger charge is 2.42. The largest absolute Gasteiger partial charge is 0.381 e. The number of amidine groups is 1. The summed E-state index contributed by atoms with van der Waals surface area (Å²) in [5, 5.41) is 2.87. The molecule has 0 unspecified atom stereocenters. The van der Waals surface area contributed by atoms with E-state index in [1.54, 1.807) is 24.3 Å². The van der Waals surface area contributed by atoms with Crippen LogP contribution in [0.1, 0.15) is 31.2 Å². The molecule has 4 rings (SSSR count). The molecule has 9 heteroatoms. The molecule has 32 heavy (non-hydrogen) atoms. The maximum Gasteiger partial charge on any atom is 0.283 e. The van der Waals surface area contributed by atoms with Gasteiger partial charge in [0.25, 0.3) is 10.0 Å². The van der Waals surface area contributed by atoms with Gasteiger partial charge in [0, 0.05) is 38.9 Å². The Labute approximate surface area is 187 Å². The summed E-state index contributed by atoms with van der Waals surface area (Å²) in [6.07, 6.45) is 2.38. The summed E-state index contributed by atoms with van der Waals surface area (Å²) in [6, 6.07) is 12.0. The number of amides is 1. The molecule has 2 aliphatic heterocycles. The van der Waals surface area contributed by atoms with E-state index in [-0.39, 0.29) is 10.8 Å². The molecule has 0 aliphatic carbocycles. The highest BCUT2D eigenvalue weighted by Crippen LogP contribution is 2.36. The molecule has 170 valence electrons. The SMILES string of the molecule is CN1CCC/C1=N\S(=O)(=O)c1ccc(NC(=O)C2(c3cccc(F)c3)CCOCC2)cc1. The summed E-state index contributed by atoms with van der Waals surface area (Å²) < 4.78 is 48.5. The monoisotopic (exact) mass is 459 g/mol. The zero-order valence-corrected chi connectivity index (χ0v) is 18.7. The second-order valence-electron chi connectivity index (χ2n) is 8.19. The zero-order valence-electron chi connectivity index (χ0n) is 17.9. The smallest absolute Gasteiger partial charge is 0.283 e. The lowest BCUT2D eigenvalue weighted by atomic mass is 9.73. The first-order valence-electron chi connectivity index (χ1n) is 10.6. The van der Waals surface area contributed by atoms with E-state index < -0.39 is 21.3 Å². The quantitative estimate of drug-likeness (QED) is 0.741. The fourth-order valence-electron chi connectivity index (χ4n) is 4.21. The Hall–Kier alpha value is -2.78. The van der Waals surface area contributed by atoms with Crippen LogP contribution in [0.25, 0.3) is 0 Å². The lowest BCUT2D eigenvalue weighted by molar-refractivity contribution is -0.125. The van der Waals surface area contributed by atoms with Crippen molar-refractivity contribution in [1.29, 1.82) is 0 Å². The fraction of sp³-hybridized carbons (Fsp3) is 0.391. The number of anilines is 1. The molecule has 2 aromatic rings. The van der Waals surface area contributed by atoms with Crippen LogP contribution in [0.4, 0.5) is 10.1 Å². The highest BCUT2D eigenvalue weighted by molar-refractivity contribution is 7.90. The van der Waals surface area contributed by atoms with E-state index >= 15 is 0 Å². The molecule has 0 saturated carbocycles. The maximum atomic E-state index is 13.9. The zero-order chi connectivity index (χ0) is 22.8. The Morgan fingerprint density at radius 1 is 1.16 bits per heavy atom. The molecule has 0 aromatic heterocycles. The van der Waals surface area contributed by atoms with Crippen molar-refractivity contribution >= 4 is 27.5 Å². The number of sulfonamides is 1. The first kappa shape index (κ1) is 22.4. The second kappa shape index (κ2) is 8.99. The van der Waals surface area contributed by atoms with Crippen LogP contribution in [0.15, 0.2) is 57.8 Å². The molecule has 1 N–H and O–H groups in total. The third-order valence-corrected chi connectivity index (χ3v) is 7.45. The van der Waals surface area contributed by atoms with Gasteiger partial charge >= 0.3 is 0 Å². The van der Waals surface area contributed by atoms with Crippen LogP contribution in [0.5, 0.6) is 0 Å². The Balaban J connectivity index is 1.55. The molecule has 2 aromatic carbocycles. The van der Waals surface area contributed by atoms with Gasteiger partial charge in [-0.3, -0.25) is 4.79 Å². The summed E-state index contributed by atoms with van der Waals surface area (Å²) in [6.45, 7) is 1.59. The van der Waals surface area contributed by atoms with Gasteiger partial charge in [0.05, 0.1) is 10.3 Å². The number of carbonyl (C=O) groups excluding carboxylic acids is 1. The third-order valence-electron chi connectivity index (χ3n) is 6.13. The van der Waals surface area contributed by atoms with Crippen LogP contribution in [-0.4, -0.2) is 51.9 Å². The molecule has 0 bridgehead atoms. The van der Waals surface area contributed by atoms with E-state index in [1.165, 1.54) is 24.3 Å². The minimum Gasteiger partial charge on any atom is -0.381 e. The Morgan fingerprint density at radius 2 is 1.88 bits per heavy atom. The summed E-state index contributed by atoms with van der Waals surface area (Å²) in [5.74, 6) is -0.112. The molecule has 2 aliphatic rings. The van der Waals surface area contributed by atoms with E-state index in [1.807, 2.05) is 11.9 Å². The number of hydrogen-bond donors (Lipinski definition) is 1. The molecule has 0 radical (unpaired) electrons. The average Bonchev–Trinajstić information content (AvgIpc) is 3.18. The van der Waals surface area contributed by atoms with E-state index in [9.17, 15) is 17.6 Å². The highest BCUT2D eigenvalue weighted by atomic mass is 32.2. The van der Waals surface area contributed by atoms with E-state index in [0.29, 0.717) is 49.6 Å². The normalized spacial score (nSPS) is 19.8. The topological polar surface area (TPSA) is 88.1 Å². The summed E-state index contributed by atoms with van der Waals surface area (Å²) in [7, 11) is -2.00. The van der Waals surface area contributed by atoms with Crippen molar-refractivity contribution in [2.75, 3.05) is 32.1 Å². The predicted molar refractivity (Wildman–Crippen MR) is 120 cm³/mol. The van der Waals surface area contributed by atoms with Gasteiger partial charge in [-0.05, 0) is 61.2 Å². The van der Waals surface area contributed by atoms with Crippen LogP contribution in [0.3, 0.4) is 0 Å². The molecular weight excluding hydrogens is 433 g/mol. The number of hydrogen-bond acceptors (Lipinski definition) is 4. The maximum absolute atomic E-state index is 13.9. The molecule has 2 fully saturated rings. The van der Waals surface area contributed by atoms with Gasteiger partial charge in [-0.25, -0.2) is 4.39 Å². The molecule has 1 amide bonds. The van der Waals surface area contributed by atoms with Crippen LogP contribution >= 0.6 is 0 Å². The number of rotatable bonds is 5. The summed E-state index contributed by atoms with van der Waals surface area (Å²) >= 11 is 0. The minimum atomic E-state index is -3.83. The van der Waals surface area contributed by atoms with Gasteiger partial charge in [-0.1, -0.05) is 12.1 Å².